The lowest BCUT2D eigenvalue weighted by Gasteiger charge is -2.12. The molecular weight excluding hydrogens is 283 g/mol. The first kappa shape index (κ1) is 15.6. The fourth-order valence-electron chi connectivity index (χ4n) is 1.46. The predicted octanol–water partition coefficient (Wildman–Crippen LogP) is 1.67. The molecule has 5 N–H and O–H groups in total. The summed E-state index contributed by atoms with van der Waals surface area (Å²) in [6, 6.07) is 4.10. The third kappa shape index (κ3) is 4.95. The minimum absolute atomic E-state index is 0.0256. The van der Waals surface area contributed by atoms with Crippen LogP contribution in [-0.2, 0) is 10.0 Å². The van der Waals surface area contributed by atoms with Gasteiger partial charge < -0.3 is 11.1 Å². The first-order valence-electron chi connectivity index (χ1n) is 5.33. The lowest BCUT2D eigenvalue weighted by molar-refractivity contribution is -0.134. The molecule has 0 aliphatic rings. The number of benzene rings is 1. The van der Waals surface area contributed by atoms with Gasteiger partial charge in [0.15, 0.2) is 0 Å². The van der Waals surface area contributed by atoms with Crippen LogP contribution in [0.1, 0.15) is 12.8 Å². The van der Waals surface area contributed by atoms with E-state index in [-0.39, 0.29) is 29.2 Å². The van der Waals surface area contributed by atoms with Crippen LogP contribution in [0.15, 0.2) is 23.1 Å². The van der Waals surface area contributed by atoms with E-state index in [1.807, 2.05) is 0 Å². The summed E-state index contributed by atoms with van der Waals surface area (Å²) in [6.45, 7) is 0.0256. The number of halogens is 3. The molecule has 19 heavy (non-hydrogen) atoms. The molecule has 1 aromatic carbocycles. The van der Waals surface area contributed by atoms with Crippen molar-refractivity contribution in [3.63, 3.8) is 0 Å². The maximum atomic E-state index is 11.9. The van der Waals surface area contributed by atoms with Crippen molar-refractivity contribution in [2.24, 2.45) is 5.14 Å². The number of nitrogen functional groups attached to an aromatic ring is 1. The molecule has 108 valence electrons. The third-order valence-electron chi connectivity index (χ3n) is 2.33. The summed E-state index contributed by atoms with van der Waals surface area (Å²) >= 11 is 0. The van der Waals surface area contributed by atoms with E-state index < -0.39 is 22.6 Å². The highest BCUT2D eigenvalue weighted by molar-refractivity contribution is 7.89. The molecule has 9 heteroatoms. The Hall–Kier alpha value is -1.48. The van der Waals surface area contributed by atoms with Crippen molar-refractivity contribution in [3.8, 4) is 0 Å². The highest BCUT2D eigenvalue weighted by atomic mass is 32.2. The van der Waals surface area contributed by atoms with Crippen LogP contribution < -0.4 is 16.2 Å². The van der Waals surface area contributed by atoms with E-state index in [4.69, 9.17) is 10.9 Å². The van der Waals surface area contributed by atoms with Crippen LogP contribution in [0, 0.1) is 0 Å². The summed E-state index contributed by atoms with van der Waals surface area (Å²) in [5.41, 5.74) is 5.74. The number of sulfonamides is 1. The average Bonchev–Trinajstić information content (AvgIpc) is 2.23. The van der Waals surface area contributed by atoms with E-state index in [9.17, 15) is 21.6 Å². The Morgan fingerprint density at radius 2 is 1.89 bits per heavy atom. The molecule has 0 radical (unpaired) electrons. The monoisotopic (exact) mass is 297 g/mol. The maximum Gasteiger partial charge on any atom is 0.389 e. The van der Waals surface area contributed by atoms with E-state index in [1.54, 1.807) is 0 Å². The van der Waals surface area contributed by atoms with E-state index in [2.05, 4.69) is 5.32 Å². The molecule has 0 bridgehead atoms. The van der Waals surface area contributed by atoms with Crippen molar-refractivity contribution in [1.82, 2.24) is 0 Å². The Kier molecular flexibility index (Phi) is 4.64. The standard InChI is InChI=1S/C10H14F3N3O2S/c11-10(12,13)5-2-6-16-7-3-1-4-8(9(7)14)19(15,17)18/h1,3-4,16H,2,5-6,14H2,(H2,15,17,18). The molecular formula is C10H14F3N3O2S. The number of primary sulfonamides is 1. The third-order valence-corrected chi connectivity index (χ3v) is 3.29. The largest absolute Gasteiger partial charge is 0.396 e. The smallest absolute Gasteiger partial charge is 0.389 e. The zero-order valence-corrected chi connectivity index (χ0v) is 10.7. The number of hydrogen-bond acceptors (Lipinski definition) is 4. The van der Waals surface area contributed by atoms with Crippen LogP contribution in [-0.4, -0.2) is 21.1 Å². The quantitative estimate of drug-likeness (QED) is 0.568. The van der Waals surface area contributed by atoms with Crippen molar-refractivity contribution in [2.75, 3.05) is 17.6 Å². The Morgan fingerprint density at radius 1 is 1.26 bits per heavy atom. The van der Waals surface area contributed by atoms with Gasteiger partial charge in [0.25, 0.3) is 0 Å². The second kappa shape index (κ2) is 5.66. The zero-order chi connectivity index (χ0) is 14.7. The number of rotatable bonds is 5. The minimum Gasteiger partial charge on any atom is -0.396 e. The lowest BCUT2D eigenvalue weighted by atomic mass is 10.2. The van der Waals surface area contributed by atoms with E-state index in [0.29, 0.717) is 0 Å². The van der Waals surface area contributed by atoms with Crippen molar-refractivity contribution >= 4 is 21.4 Å². The molecule has 5 nitrogen and oxygen atoms in total. The molecule has 0 aliphatic heterocycles. The summed E-state index contributed by atoms with van der Waals surface area (Å²) in [7, 11) is -3.95. The lowest BCUT2D eigenvalue weighted by Crippen LogP contribution is -2.16. The summed E-state index contributed by atoms with van der Waals surface area (Å²) < 4.78 is 58.2. The van der Waals surface area contributed by atoms with Gasteiger partial charge in [0.05, 0.1) is 11.4 Å². The number of alkyl halides is 3. The molecule has 1 aromatic rings. The molecule has 0 spiro atoms. The Bertz CT molecular complexity index is 543. The fourth-order valence-corrected chi connectivity index (χ4v) is 2.14. The van der Waals surface area contributed by atoms with Crippen LogP contribution in [0.2, 0.25) is 0 Å². The molecule has 0 aromatic heterocycles. The van der Waals surface area contributed by atoms with Crippen molar-refractivity contribution < 1.29 is 21.6 Å². The second-order valence-corrected chi connectivity index (χ2v) is 5.44. The van der Waals surface area contributed by atoms with Crippen LogP contribution in [0.5, 0.6) is 0 Å². The maximum absolute atomic E-state index is 11.9. The fraction of sp³-hybridized carbons (Fsp3) is 0.400. The van der Waals surface area contributed by atoms with E-state index >= 15 is 0 Å². The van der Waals surface area contributed by atoms with Crippen molar-refractivity contribution in [2.45, 2.75) is 23.9 Å². The summed E-state index contributed by atoms with van der Waals surface area (Å²) in [6.07, 6.45) is -5.27. The topological polar surface area (TPSA) is 98.2 Å². The SMILES string of the molecule is Nc1c(NCCCC(F)(F)F)cccc1S(N)(=O)=O. The molecule has 0 saturated heterocycles. The van der Waals surface area contributed by atoms with Gasteiger partial charge in [0.2, 0.25) is 10.0 Å². The second-order valence-electron chi connectivity index (χ2n) is 3.91. The van der Waals surface area contributed by atoms with Gasteiger partial charge in [-0.3, -0.25) is 0 Å². The van der Waals surface area contributed by atoms with Crippen LogP contribution in [0.4, 0.5) is 24.5 Å². The van der Waals surface area contributed by atoms with Gasteiger partial charge in [-0.05, 0) is 18.6 Å². The molecule has 0 unspecified atom stereocenters. The van der Waals surface area contributed by atoms with Gasteiger partial charge in [-0.25, -0.2) is 13.6 Å². The summed E-state index contributed by atoms with van der Waals surface area (Å²) in [5.74, 6) is 0. The normalized spacial score (nSPS) is 12.4. The molecule has 0 atom stereocenters. The number of anilines is 2. The van der Waals surface area contributed by atoms with Crippen LogP contribution in [0.25, 0.3) is 0 Å². The molecule has 0 heterocycles. The minimum atomic E-state index is -4.21. The Labute approximate surface area is 108 Å². The first-order chi connectivity index (χ1) is 8.61. The summed E-state index contributed by atoms with van der Waals surface area (Å²) in [4.78, 5) is -0.256. The van der Waals surface area contributed by atoms with Crippen LogP contribution >= 0.6 is 0 Å². The molecule has 0 aliphatic carbocycles. The van der Waals surface area contributed by atoms with Gasteiger partial charge >= 0.3 is 6.18 Å². The predicted molar refractivity (Wildman–Crippen MR) is 66.0 cm³/mol. The zero-order valence-electron chi connectivity index (χ0n) is 9.87. The van der Waals surface area contributed by atoms with E-state index in [0.717, 1.165) is 0 Å². The van der Waals surface area contributed by atoms with Crippen molar-refractivity contribution in [1.29, 1.82) is 0 Å². The average molecular weight is 297 g/mol. The Balaban J connectivity index is 2.71. The van der Waals surface area contributed by atoms with E-state index in [1.165, 1.54) is 18.2 Å². The highest BCUT2D eigenvalue weighted by Crippen LogP contribution is 2.26. The molecule has 0 saturated carbocycles. The molecule has 1 rings (SSSR count). The van der Waals surface area contributed by atoms with Crippen LogP contribution in [0.3, 0.4) is 0 Å². The molecule has 0 amide bonds. The van der Waals surface area contributed by atoms with Gasteiger partial charge in [0, 0.05) is 13.0 Å². The highest BCUT2D eigenvalue weighted by Gasteiger charge is 2.25. The van der Waals surface area contributed by atoms with Gasteiger partial charge in [0.1, 0.15) is 4.90 Å². The van der Waals surface area contributed by atoms with Gasteiger partial charge in [-0.1, -0.05) is 6.07 Å². The van der Waals surface area contributed by atoms with Gasteiger partial charge in [-0.15, -0.1) is 0 Å². The molecule has 0 fully saturated rings. The number of nitrogens with one attached hydrogen (secondary N) is 1. The number of nitrogens with two attached hydrogens (primary N) is 2. The van der Waals surface area contributed by atoms with Crippen molar-refractivity contribution in [3.05, 3.63) is 18.2 Å². The Morgan fingerprint density at radius 3 is 2.42 bits per heavy atom. The number of para-hydroxylation sites is 1. The van der Waals surface area contributed by atoms with Gasteiger partial charge in [-0.2, -0.15) is 13.2 Å². The number of hydrogen-bond donors (Lipinski definition) is 3. The summed E-state index contributed by atoms with van der Waals surface area (Å²) in [5, 5.41) is 7.61. The first-order valence-corrected chi connectivity index (χ1v) is 6.88.